The van der Waals surface area contributed by atoms with Crippen molar-refractivity contribution in [1.82, 2.24) is 10.2 Å². The molecule has 1 aliphatic rings. The Labute approximate surface area is 121 Å². The molecule has 1 saturated heterocycles. The van der Waals surface area contributed by atoms with Crippen LogP contribution in [0.1, 0.15) is 30.9 Å². The topological polar surface area (TPSA) is 44.4 Å². The van der Waals surface area contributed by atoms with Crippen LogP contribution in [0.2, 0.25) is 0 Å². The summed E-state index contributed by atoms with van der Waals surface area (Å²) in [4.78, 5) is 14.4. The van der Waals surface area contributed by atoms with Crippen molar-refractivity contribution < 1.29 is 4.79 Å². The molecule has 1 aliphatic heterocycles. The van der Waals surface area contributed by atoms with Crippen LogP contribution in [0.3, 0.4) is 0 Å². The number of amides is 2. The van der Waals surface area contributed by atoms with Gasteiger partial charge in [-0.3, -0.25) is 4.90 Å². The molecular weight excluding hydrogens is 250 g/mol. The van der Waals surface area contributed by atoms with E-state index in [0.717, 1.165) is 30.9 Å². The summed E-state index contributed by atoms with van der Waals surface area (Å²) in [5, 5.41) is 5.91. The number of anilines is 1. The Morgan fingerprint density at radius 3 is 2.90 bits per heavy atom. The van der Waals surface area contributed by atoms with E-state index in [1.807, 2.05) is 19.1 Å². The summed E-state index contributed by atoms with van der Waals surface area (Å²) in [6.45, 7) is 9.18. The average Bonchev–Trinajstić information content (AvgIpc) is 2.87. The van der Waals surface area contributed by atoms with Gasteiger partial charge in [-0.05, 0) is 51.4 Å². The highest BCUT2D eigenvalue weighted by molar-refractivity contribution is 5.90. The van der Waals surface area contributed by atoms with Crippen LogP contribution in [-0.4, -0.2) is 36.6 Å². The third-order valence-corrected chi connectivity index (χ3v) is 4.03. The lowest BCUT2D eigenvalue weighted by Crippen LogP contribution is -2.41. The van der Waals surface area contributed by atoms with Gasteiger partial charge < -0.3 is 10.6 Å². The molecule has 1 heterocycles. The molecule has 110 valence electrons. The van der Waals surface area contributed by atoms with E-state index in [4.69, 9.17) is 0 Å². The van der Waals surface area contributed by atoms with Gasteiger partial charge in [0.2, 0.25) is 0 Å². The molecule has 1 fully saturated rings. The van der Waals surface area contributed by atoms with Crippen LogP contribution in [0.25, 0.3) is 0 Å². The van der Waals surface area contributed by atoms with Crippen LogP contribution in [0.15, 0.2) is 18.2 Å². The summed E-state index contributed by atoms with van der Waals surface area (Å²) in [6.07, 6.45) is 2.41. The van der Waals surface area contributed by atoms with E-state index in [9.17, 15) is 4.79 Å². The highest BCUT2D eigenvalue weighted by atomic mass is 16.2. The normalized spacial score (nSPS) is 19.1. The first-order valence-electron chi connectivity index (χ1n) is 7.46. The third-order valence-electron chi connectivity index (χ3n) is 4.03. The van der Waals surface area contributed by atoms with Crippen molar-refractivity contribution >= 4 is 11.7 Å². The van der Waals surface area contributed by atoms with Gasteiger partial charge >= 0.3 is 6.03 Å². The number of nitrogens with one attached hydrogen (secondary N) is 2. The quantitative estimate of drug-likeness (QED) is 0.887. The lowest BCUT2D eigenvalue weighted by Gasteiger charge is -2.23. The SMILES string of the molecule is CCN1CCCC1CNC(=O)Nc1ccc(C)cc1C. The van der Waals surface area contributed by atoms with Gasteiger partial charge in [0.05, 0.1) is 0 Å². The number of likely N-dealkylation sites (N-methyl/N-ethyl adjacent to an activating group) is 1. The maximum absolute atomic E-state index is 12.0. The fourth-order valence-corrected chi connectivity index (χ4v) is 2.87. The van der Waals surface area contributed by atoms with E-state index < -0.39 is 0 Å². The lowest BCUT2D eigenvalue weighted by atomic mass is 10.1. The Morgan fingerprint density at radius 2 is 2.20 bits per heavy atom. The molecule has 1 aromatic carbocycles. The highest BCUT2D eigenvalue weighted by Crippen LogP contribution is 2.17. The number of hydrogen-bond donors (Lipinski definition) is 2. The average molecular weight is 275 g/mol. The van der Waals surface area contributed by atoms with Crippen molar-refractivity contribution in [3.8, 4) is 0 Å². The molecule has 0 aliphatic carbocycles. The molecule has 2 rings (SSSR count). The summed E-state index contributed by atoms with van der Waals surface area (Å²) in [5.41, 5.74) is 3.18. The minimum Gasteiger partial charge on any atom is -0.336 e. The molecule has 2 amide bonds. The number of likely N-dealkylation sites (tertiary alicyclic amines) is 1. The number of hydrogen-bond acceptors (Lipinski definition) is 2. The minimum absolute atomic E-state index is 0.111. The van der Waals surface area contributed by atoms with Crippen LogP contribution < -0.4 is 10.6 Å². The van der Waals surface area contributed by atoms with Gasteiger partial charge in [0.25, 0.3) is 0 Å². The maximum atomic E-state index is 12.0. The number of nitrogens with zero attached hydrogens (tertiary/aromatic N) is 1. The van der Waals surface area contributed by atoms with Gasteiger partial charge in [0.1, 0.15) is 0 Å². The number of benzene rings is 1. The van der Waals surface area contributed by atoms with Gasteiger partial charge in [-0.25, -0.2) is 4.79 Å². The number of carbonyl (C=O) groups is 1. The lowest BCUT2D eigenvalue weighted by molar-refractivity contribution is 0.238. The zero-order chi connectivity index (χ0) is 14.5. The Morgan fingerprint density at radius 1 is 1.40 bits per heavy atom. The van der Waals surface area contributed by atoms with Crippen LogP contribution in [0.5, 0.6) is 0 Å². The fraction of sp³-hybridized carbons (Fsp3) is 0.562. The summed E-state index contributed by atoms with van der Waals surface area (Å²) in [6, 6.07) is 6.42. The van der Waals surface area contributed by atoms with Crippen LogP contribution in [0.4, 0.5) is 10.5 Å². The standard InChI is InChI=1S/C16H25N3O/c1-4-19-9-5-6-14(19)11-17-16(20)18-15-8-7-12(2)10-13(15)3/h7-8,10,14H,4-6,9,11H2,1-3H3,(H2,17,18,20). The van der Waals surface area contributed by atoms with E-state index >= 15 is 0 Å². The first kappa shape index (κ1) is 14.9. The van der Waals surface area contributed by atoms with Crippen LogP contribution in [-0.2, 0) is 0 Å². The Hall–Kier alpha value is -1.55. The Balaban J connectivity index is 1.83. The first-order chi connectivity index (χ1) is 9.60. The molecule has 0 aromatic heterocycles. The molecule has 0 bridgehead atoms. The molecule has 0 radical (unpaired) electrons. The van der Waals surface area contributed by atoms with Crippen molar-refractivity contribution in [3.05, 3.63) is 29.3 Å². The number of urea groups is 1. The first-order valence-corrected chi connectivity index (χ1v) is 7.46. The van der Waals surface area contributed by atoms with Crippen molar-refractivity contribution in [2.45, 2.75) is 39.7 Å². The largest absolute Gasteiger partial charge is 0.336 e. The van der Waals surface area contributed by atoms with E-state index in [1.54, 1.807) is 0 Å². The van der Waals surface area contributed by atoms with Crippen LogP contribution >= 0.6 is 0 Å². The molecule has 1 aromatic rings. The molecule has 4 nitrogen and oxygen atoms in total. The molecule has 4 heteroatoms. The number of rotatable bonds is 4. The summed E-state index contributed by atoms with van der Waals surface area (Å²) >= 11 is 0. The molecule has 20 heavy (non-hydrogen) atoms. The zero-order valence-corrected chi connectivity index (χ0v) is 12.7. The molecule has 2 N–H and O–H groups in total. The smallest absolute Gasteiger partial charge is 0.319 e. The van der Waals surface area contributed by atoms with Crippen molar-refractivity contribution in [2.24, 2.45) is 0 Å². The van der Waals surface area contributed by atoms with E-state index in [0.29, 0.717) is 6.04 Å². The van der Waals surface area contributed by atoms with Gasteiger partial charge in [-0.15, -0.1) is 0 Å². The van der Waals surface area contributed by atoms with Gasteiger partial charge in [0, 0.05) is 18.3 Å². The molecular formula is C16H25N3O. The van der Waals surface area contributed by atoms with Crippen molar-refractivity contribution in [3.63, 3.8) is 0 Å². The molecule has 1 atom stereocenters. The van der Waals surface area contributed by atoms with Gasteiger partial charge in [0.15, 0.2) is 0 Å². The molecule has 0 spiro atoms. The third kappa shape index (κ3) is 3.73. The number of aryl methyl sites for hydroxylation is 2. The second-order valence-electron chi connectivity index (χ2n) is 5.58. The second-order valence-corrected chi connectivity index (χ2v) is 5.58. The van der Waals surface area contributed by atoms with Crippen molar-refractivity contribution in [2.75, 3.05) is 25.0 Å². The Kier molecular flexibility index (Phi) is 5.01. The fourth-order valence-electron chi connectivity index (χ4n) is 2.87. The van der Waals surface area contributed by atoms with E-state index in [-0.39, 0.29) is 6.03 Å². The molecule has 0 saturated carbocycles. The Bertz CT molecular complexity index is 473. The predicted octanol–water partition coefficient (Wildman–Crippen LogP) is 2.91. The predicted molar refractivity (Wildman–Crippen MR) is 83.2 cm³/mol. The van der Waals surface area contributed by atoms with E-state index in [2.05, 4.69) is 35.4 Å². The van der Waals surface area contributed by atoms with Crippen LogP contribution in [0, 0.1) is 13.8 Å². The summed E-state index contributed by atoms with van der Waals surface area (Å²) < 4.78 is 0. The van der Waals surface area contributed by atoms with Gasteiger partial charge in [-0.1, -0.05) is 24.6 Å². The summed E-state index contributed by atoms with van der Waals surface area (Å²) in [7, 11) is 0. The summed E-state index contributed by atoms with van der Waals surface area (Å²) in [5.74, 6) is 0. The monoisotopic (exact) mass is 275 g/mol. The minimum atomic E-state index is -0.111. The zero-order valence-electron chi connectivity index (χ0n) is 12.7. The molecule has 1 unspecified atom stereocenters. The van der Waals surface area contributed by atoms with E-state index in [1.165, 1.54) is 18.4 Å². The maximum Gasteiger partial charge on any atom is 0.319 e. The van der Waals surface area contributed by atoms with Gasteiger partial charge in [-0.2, -0.15) is 0 Å². The second kappa shape index (κ2) is 6.75. The van der Waals surface area contributed by atoms with Crippen molar-refractivity contribution in [1.29, 1.82) is 0 Å². The number of carbonyl (C=O) groups excluding carboxylic acids is 1. The highest BCUT2D eigenvalue weighted by Gasteiger charge is 2.23.